The Morgan fingerprint density at radius 3 is 2.44 bits per heavy atom. The van der Waals surface area contributed by atoms with Crippen LogP contribution < -0.4 is 5.32 Å². The summed E-state index contributed by atoms with van der Waals surface area (Å²) in [6, 6.07) is 0.242. The van der Waals surface area contributed by atoms with Crippen LogP contribution in [0.25, 0.3) is 0 Å². The van der Waals surface area contributed by atoms with E-state index < -0.39 is 15.4 Å². The van der Waals surface area contributed by atoms with Crippen LogP contribution >= 0.6 is 0 Å². The molecule has 0 aromatic heterocycles. The van der Waals surface area contributed by atoms with E-state index in [1.807, 2.05) is 13.8 Å². The van der Waals surface area contributed by atoms with Gasteiger partial charge in [0.15, 0.2) is 0 Å². The zero-order valence-corrected chi connectivity index (χ0v) is 11.0. The molecule has 0 aromatic rings. The fourth-order valence-corrected chi connectivity index (χ4v) is 3.58. The van der Waals surface area contributed by atoms with Gasteiger partial charge in [0.25, 0.3) is 0 Å². The minimum absolute atomic E-state index is 0.242. The smallest absolute Gasteiger partial charge is 0.150 e. The Labute approximate surface area is 98.4 Å². The molecule has 0 aliphatic carbocycles. The zero-order chi connectivity index (χ0) is 12.2. The van der Waals surface area contributed by atoms with Crippen LogP contribution in [0.1, 0.15) is 39.5 Å². The van der Waals surface area contributed by atoms with Crippen molar-refractivity contribution in [3.05, 3.63) is 0 Å². The van der Waals surface area contributed by atoms with E-state index in [0.717, 1.165) is 12.8 Å². The maximum absolute atomic E-state index is 11.2. The minimum Gasteiger partial charge on any atom is -0.389 e. The van der Waals surface area contributed by atoms with Gasteiger partial charge in [0.2, 0.25) is 0 Å². The Kier molecular flexibility index (Phi) is 4.76. The summed E-state index contributed by atoms with van der Waals surface area (Å²) in [5.74, 6) is 0.557. The maximum atomic E-state index is 11.2. The summed E-state index contributed by atoms with van der Waals surface area (Å²) in [4.78, 5) is 0. The molecule has 0 bridgehead atoms. The predicted molar refractivity (Wildman–Crippen MR) is 65.2 cm³/mol. The van der Waals surface area contributed by atoms with Crippen molar-refractivity contribution in [2.24, 2.45) is 0 Å². The number of aliphatic hydroxyl groups is 1. The molecule has 1 saturated heterocycles. The second-order valence-corrected chi connectivity index (χ2v) is 7.36. The van der Waals surface area contributed by atoms with Crippen molar-refractivity contribution in [3.8, 4) is 0 Å². The average Bonchev–Trinajstić information content (AvgIpc) is 2.16. The number of hydrogen-bond acceptors (Lipinski definition) is 4. The van der Waals surface area contributed by atoms with Crippen LogP contribution in [-0.2, 0) is 9.84 Å². The molecule has 0 radical (unpaired) electrons. The minimum atomic E-state index is -2.78. The SMILES string of the molecule is CCCC(C)(O)CNC1CCS(=O)(=O)CC1. The summed E-state index contributed by atoms with van der Waals surface area (Å²) < 4.78 is 22.4. The average molecular weight is 249 g/mol. The quantitative estimate of drug-likeness (QED) is 0.753. The van der Waals surface area contributed by atoms with Crippen molar-refractivity contribution in [2.75, 3.05) is 18.1 Å². The summed E-state index contributed by atoms with van der Waals surface area (Å²) in [6.07, 6.45) is 3.06. The molecule has 0 aromatic carbocycles. The van der Waals surface area contributed by atoms with E-state index in [-0.39, 0.29) is 17.5 Å². The lowest BCUT2D eigenvalue weighted by molar-refractivity contribution is 0.0468. The lowest BCUT2D eigenvalue weighted by atomic mass is 10.00. The van der Waals surface area contributed by atoms with Crippen LogP contribution in [0.3, 0.4) is 0 Å². The maximum Gasteiger partial charge on any atom is 0.150 e. The van der Waals surface area contributed by atoms with Gasteiger partial charge in [0.05, 0.1) is 17.1 Å². The summed E-state index contributed by atoms with van der Waals surface area (Å²) in [5.41, 5.74) is -0.676. The first-order valence-electron chi connectivity index (χ1n) is 6.01. The molecule has 1 heterocycles. The summed E-state index contributed by atoms with van der Waals surface area (Å²) in [5, 5.41) is 13.2. The van der Waals surface area contributed by atoms with Gasteiger partial charge in [-0.2, -0.15) is 0 Å². The van der Waals surface area contributed by atoms with Gasteiger partial charge in [-0.1, -0.05) is 13.3 Å². The third-order valence-electron chi connectivity index (χ3n) is 3.11. The monoisotopic (exact) mass is 249 g/mol. The highest BCUT2D eigenvalue weighted by Gasteiger charge is 2.26. The normalized spacial score (nSPS) is 25.2. The Hall–Kier alpha value is -0.130. The molecule has 0 saturated carbocycles. The molecule has 16 heavy (non-hydrogen) atoms. The van der Waals surface area contributed by atoms with Gasteiger partial charge in [0, 0.05) is 12.6 Å². The van der Waals surface area contributed by atoms with E-state index in [9.17, 15) is 13.5 Å². The molecule has 5 heteroatoms. The van der Waals surface area contributed by atoms with Crippen LogP contribution in [0.5, 0.6) is 0 Å². The molecule has 1 atom stereocenters. The van der Waals surface area contributed by atoms with E-state index in [1.165, 1.54) is 0 Å². The first-order valence-corrected chi connectivity index (χ1v) is 7.83. The Balaban J connectivity index is 2.30. The molecule has 96 valence electrons. The second-order valence-electron chi connectivity index (χ2n) is 5.05. The van der Waals surface area contributed by atoms with Gasteiger partial charge in [-0.05, 0) is 26.2 Å². The first kappa shape index (κ1) is 13.9. The van der Waals surface area contributed by atoms with Gasteiger partial charge in [-0.15, -0.1) is 0 Å². The highest BCUT2D eigenvalue weighted by molar-refractivity contribution is 7.91. The first-order chi connectivity index (χ1) is 7.35. The largest absolute Gasteiger partial charge is 0.389 e. The van der Waals surface area contributed by atoms with Gasteiger partial charge >= 0.3 is 0 Å². The zero-order valence-electron chi connectivity index (χ0n) is 10.2. The van der Waals surface area contributed by atoms with E-state index >= 15 is 0 Å². The fourth-order valence-electron chi connectivity index (χ4n) is 2.09. The van der Waals surface area contributed by atoms with Crippen molar-refractivity contribution in [1.29, 1.82) is 0 Å². The van der Waals surface area contributed by atoms with Crippen LogP contribution in [0, 0.1) is 0 Å². The highest BCUT2D eigenvalue weighted by Crippen LogP contribution is 2.15. The molecule has 1 aliphatic rings. The fraction of sp³-hybridized carbons (Fsp3) is 1.00. The van der Waals surface area contributed by atoms with Crippen LogP contribution in [0.15, 0.2) is 0 Å². The lowest BCUT2D eigenvalue weighted by Crippen LogP contribution is -2.45. The summed E-state index contributed by atoms with van der Waals surface area (Å²) in [6.45, 7) is 4.41. The van der Waals surface area contributed by atoms with Crippen molar-refractivity contribution in [1.82, 2.24) is 5.32 Å². The molecule has 1 fully saturated rings. The van der Waals surface area contributed by atoms with Crippen LogP contribution in [0.2, 0.25) is 0 Å². The van der Waals surface area contributed by atoms with Crippen LogP contribution in [-0.4, -0.2) is 43.2 Å². The van der Waals surface area contributed by atoms with Crippen molar-refractivity contribution in [2.45, 2.75) is 51.2 Å². The standard InChI is InChI=1S/C11H23NO3S/c1-3-6-11(2,13)9-12-10-4-7-16(14,15)8-5-10/h10,12-13H,3-9H2,1-2H3. The van der Waals surface area contributed by atoms with E-state index in [1.54, 1.807) is 0 Å². The van der Waals surface area contributed by atoms with Crippen molar-refractivity contribution < 1.29 is 13.5 Å². The van der Waals surface area contributed by atoms with Crippen molar-refractivity contribution in [3.63, 3.8) is 0 Å². The molecule has 1 unspecified atom stereocenters. The van der Waals surface area contributed by atoms with Gasteiger partial charge in [-0.25, -0.2) is 8.42 Å². The predicted octanol–water partition coefficient (Wildman–Crippen LogP) is 0.704. The van der Waals surface area contributed by atoms with E-state index in [4.69, 9.17) is 0 Å². The number of rotatable bonds is 5. The van der Waals surface area contributed by atoms with Gasteiger partial charge in [-0.3, -0.25) is 0 Å². The molecule has 2 N–H and O–H groups in total. The summed E-state index contributed by atoms with van der Waals surface area (Å²) >= 11 is 0. The number of sulfone groups is 1. The molecule has 1 rings (SSSR count). The Morgan fingerprint density at radius 1 is 1.38 bits per heavy atom. The molecular formula is C11H23NO3S. The lowest BCUT2D eigenvalue weighted by Gasteiger charge is -2.29. The van der Waals surface area contributed by atoms with E-state index in [0.29, 0.717) is 19.4 Å². The number of hydrogen-bond donors (Lipinski definition) is 2. The molecule has 1 aliphatic heterocycles. The molecule has 0 amide bonds. The number of nitrogens with one attached hydrogen (secondary N) is 1. The van der Waals surface area contributed by atoms with Gasteiger partial charge < -0.3 is 10.4 Å². The van der Waals surface area contributed by atoms with Gasteiger partial charge in [0.1, 0.15) is 9.84 Å². The van der Waals surface area contributed by atoms with Crippen LogP contribution in [0.4, 0.5) is 0 Å². The Bertz CT molecular complexity index is 297. The third kappa shape index (κ3) is 4.80. The molecule has 4 nitrogen and oxygen atoms in total. The topological polar surface area (TPSA) is 66.4 Å². The van der Waals surface area contributed by atoms with Crippen molar-refractivity contribution >= 4 is 9.84 Å². The van der Waals surface area contributed by atoms with E-state index in [2.05, 4.69) is 5.32 Å². The third-order valence-corrected chi connectivity index (χ3v) is 4.83. The highest BCUT2D eigenvalue weighted by atomic mass is 32.2. The summed E-state index contributed by atoms with van der Waals surface area (Å²) in [7, 11) is -2.78. The molecule has 0 spiro atoms. The Morgan fingerprint density at radius 2 is 1.94 bits per heavy atom. The second kappa shape index (κ2) is 5.47. The molecular weight excluding hydrogens is 226 g/mol.